The van der Waals surface area contributed by atoms with E-state index in [4.69, 9.17) is 0 Å². The molecule has 0 heteroatoms. The zero-order valence-corrected chi connectivity index (χ0v) is 13.4. The van der Waals surface area contributed by atoms with Crippen LogP contribution in [0.2, 0.25) is 0 Å². The zero-order valence-electron chi connectivity index (χ0n) is 13.4. The van der Waals surface area contributed by atoms with Gasteiger partial charge in [-0.1, -0.05) is 61.1 Å². The monoisotopic (exact) mass is 286 g/mol. The molecule has 0 nitrogen and oxygen atoms in total. The van der Waals surface area contributed by atoms with Gasteiger partial charge in [0, 0.05) is 5.92 Å². The van der Waals surface area contributed by atoms with Gasteiger partial charge in [0.25, 0.3) is 0 Å². The summed E-state index contributed by atoms with van der Waals surface area (Å²) in [5.41, 5.74) is 10.5. The van der Waals surface area contributed by atoms with Crippen molar-refractivity contribution in [1.82, 2.24) is 0 Å². The van der Waals surface area contributed by atoms with E-state index in [2.05, 4.69) is 68.5 Å². The Balaban J connectivity index is 1.65. The van der Waals surface area contributed by atoms with Crippen molar-refractivity contribution in [3.05, 3.63) is 87.6 Å². The Kier molecular flexibility index (Phi) is 3.26. The zero-order chi connectivity index (χ0) is 15.1. The molecule has 0 saturated carbocycles. The van der Waals surface area contributed by atoms with Crippen LogP contribution in [0.25, 0.3) is 6.08 Å². The summed E-state index contributed by atoms with van der Waals surface area (Å²) in [5, 5.41) is 0. The fourth-order valence-corrected chi connectivity index (χ4v) is 3.97. The third kappa shape index (κ3) is 2.14. The normalized spacial score (nSPS) is 22.3. The molecule has 0 spiro atoms. The second-order valence-corrected chi connectivity index (χ2v) is 6.63. The number of rotatable bonds is 3. The number of hydrogen-bond acceptors (Lipinski definition) is 0. The van der Waals surface area contributed by atoms with Crippen LogP contribution < -0.4 is 0 Å². The Bertz CT molecular complexity index is 778. The van der Waals surface area contributed by atoms with E-state index in [0.29, 0.717) is 5.92 Å². The van der Waals surface area contributed by atoms with Crippen LogP contribution in [0, 0.1) is 0 Å². The fraction of sp³-hybridized carbons (Fsp3) is 0.273. The van der Waals surface area contributed by atoms with Crippen molar-refractivity contribution in [3.63, 3.8) is 0 Å². The third-order valence-corrected chi connectivity index (χ3v) is 5.26. The summed E-state index contributed by atoms with van der Waals surface area (Å²) in [6.45, 7) is 4.62. The standard InChI is InChI=1S/C22H22/c1-15-13-21-16(2)20-10-6-5-9-18(20)14-22(21)19(15)12-11-17-7-3-4-8-17/h3-7,9-10,13-14,16H,8,11-12H2,1-2H3. The van der Waals surface area contributed by atoms with Gasteiger partial charge in [-0.25, -0.2) is 0 Å². The molecular weight excluding hydrogens is 264 g/mol. The molecule has 1 atom stereocenters. The summed E-state index contributed by atoms with van der Waals surface area (Å²) in [5.74, 6) is 0.510. The Morgan fingerprint density at radius 3 is 2.77 bits per heavy atom. The van der Waals surface area contributed by atoms with Gasteiger partial charge in [0.15, 0.2) is 0 Å². The molecular formula is C22H22. The van der Waals surface area contributed by atoms with Crippen molar-refractivity contribution in [2.24, 2.45) is 0 Å². The Morgan fingerprint density at radius 2 is 1.95 bits per heavy atom. The molecule has 0 fully saturated rings. The van der Waals surface area contributed by atoms with Crippen molar-refractivity contribution in [3.8, 4) is 0 Å². The van der Waals surface area contributed by atoms with Crippen molar-refractivity contribution in [2.45, 2.75) is 39.0 Å². The van der Waals surface area contributed by atoms with Gasteiger partial charge in [-0.05, 0) is 65.7 Å². The lowest BCUT2D eigenvalue weighted by atomic mass is 9.79. The van der Waals surface area contributed by atoms with Crippen molar-refractivity contribution in [2.75, 3.05) is 0 Å². The molecule has 1 aromatic rings. The molecule has 1 unspecified atom stereocenters. The van der Waals surface area contributed by atoms with Gasteiger partial charge in [-0.15, -0.1) is 0 Å². The minimum absolute atomic E-state index is 0.510. The number of fused-ring (bicyclic) bond motifs is 2. The molecule has 110 valence electrons. The molecule has 0 aromatic heterocycles. The number of hydrogen-bond donors (Lipinski definition) is 0. The highest BCUT2D eigenvalue weighted by Crippen LogP contribution is 2.46. The van der Waals surface area contributed by atoms with E-state index in [0.717, 1.165) is 6.42 Å². The largest absolute Gasteiger partial charge is 0.0805 e. The Morgan fingerprint density at radius 1 is 1.09 bits per heavy atom. The topological polar surface area (TPSA) is 0 Å². The quantitative estimate of drug-likeness (QED) is 0.629. The SMILES string of the molecule is CC1=C(CCC2=CC=CC2)C2=Cc3ccccc3C(C)C2=C1. The molecule has 0 saturated heterocycles. The lowest BCUT2D eigenvalue weighted by Gasteiger charge is -2.25. The van der Waals surface area contributed by atoms with Gasteiger partial charge in [0.05, 0.1) is 0 Å². The van der Waals surface area contributed by atoms with Gasteiger partial charge < -0.3 is 0 Å². The summed E-state index contributed by atoms with van der Waals surface area (Å²) in [6.07, 6.45) is 15.1. The highest BCUT2D eigenvalue weighted by atomic mass is 14.3. The molecule has 3 aliphatic carbocycles. The van der Waals surface area contributed by atoms with Gasteiger partial charge >= 0.3 is 0 Å². The molecule has 0 heterocycles. The molecule has 4 rings (SSSR count). The van der Waals surface area contributed by atoms with Crippen LogP contribution in [-0.4, -0.2) is 0 Å². The molecule has 1 aromatic carbocycles. The Hall–Kier alpha value is -2.08. The van der Waals surface area contributed by atoms with E-state index < -0.39 is 0 Å². The van der Waals surface area contributed by atoms with E-state index >= 15 is 0 Å². The average Bonchev–Trinajstić information content (AvgIpc) is 3.14. The lowest BCUT2D eigenvalue weighted by molar-refractivity contribution is 0.874. The second kappa shape index (κ2) is 5.28. The summed E-state index contributed by atoms with van der Waals surface area (Å²) >= 11 is 0. The summed E-state index contributed by atoms with van der Waals surface area (Å²) in [4.78, 5) is 0. The van der Waals surface area contributed by atoms with Crippen LogP contribution in [0.1, 0.15) is 50.2 Å². The minimum atomic E-state index is 0.510. The first-order valence-corrected chi connectivity index (χ1v) is 8.31. The van der Waals surface area contributed by atoms with E-state index in [9.17, 15) is 0 Å². The van der Waals surface area contributed by atoms with Crippen LogP contribution in [0.5, 0.6) is 0 Å². The summed E-state index contributed by atoms with van der Waals surface area (Å²) in [6, 6.07) is 8.84. The van der Waals surface area contributed by atoms with Gasteiger partial charge in [-0.2, -0.15) is 0 Å². The van der Waals surface area contributed by atoms with Crippen molar-refractivity contribution in [1.29, 1.82) is 0 Å². The number of benzene rings is 1. The van der Waals surface area contributed by atoms with E-state index in [-0.39, 0.29) is 0 Å². The van der Waals surface area contributed by atoms with Gasteiger partial charge in [-0.3, -0.25) is 0 Å². The van der Waals surface area contributed by atoms with Crippen molar-refractivity contribution < 1.29 is 0 Å². The first-order valence-electron chi connectivity index (χ1n) is 8.31. The molecule has 3 aliphatic rings. The van der Waals surface area contributed by atoms with Crippen molar-refractivity contribution >= 4 is 6.08 Å². The maximum atomic E-state index is 2.42. The van der Waals surface area contributed by atoms with Crippen LogP contribution in [0.15, 0.2) is 76.4 Å². The molecule has 0 aliphatic heterocycles. The van der Waals surface area contributed by atoms with Crippen LogP contribution in [-0.2, 0) is 0 Å². The van der Waals surface area contributed by atoms with Crippen LogP contribution >= 0.6 is 0 Å². The molecule has 0 radical (unpaired) electrons. The number of allylic oxidation sites excluding steroid dienone is 9. The molecule has 0 bridgehead atoms. The minimum Gasteiger partial charge on any atom is -0.0805 e. The summed E-state index contributed by atoms with van der Waals surface area (Å²) < 4.78 is 0. The lowest BCUT2D eigenvalue weighted by Crippen LogP contribution is -2.07. The fourth-order valence-electron chi connectivity index (χ4n) is 3.97. The predicted molar refractivity (Wildman–Crippen MR) is 94.7 cm³/mol. The van der Waals surface area contributed by atoms with E-state index in [1.165, 1.54) is 40.7 Å². The molecule has 0 N–H and O–H groups in total. The highest BCUT2D eigenvalue weighted by Gasteiger charge is 2.28. The average molecular weight is 286 g/mol. The van der Waals surface area contributed by atoms with Gasteiger partial charge in [0.1, 0.15) is 0 Å². The Labute approximate surface area is 133 Å². The van der Waals surface area contributed by atoms with Crippen LogP contribution in [0.3, 0.4) is 0 Å². The smallest absolute Gasteiger partial charge is 0.00730 e. The third-order valence-electron chi connectivity index (χ3n) is 5.26. The second-order valence-electron chi connectivity index (χ2n) is 6.63. The first kappa shape index (κ1) is 13.6. The maximum absolute atomic E-state index is 2.42. The van der Waals surface area contributed by atoms with Gasteiger partial charge in [0.2, 0.25) is 0 Å². The van der Waals surface area contributed by atoms with Crippen LogP contribution in [0.4, 0.5) is 0 Å². The van der Waals surface area contributed by atoms with E-state index in [1.54, 1.807) is 11.1 Å². The highest BCUT2D eigenvalue weighted by molar-refractivity contribution is 5.77. The molecule has 0 amide bonds. The summed E-state index contributed by atoms with van der Waals surface area (Å²) in [7, 11) is 0. The first-order chi connectivity index (χ1) is 10.7. The van der Waals surface area contributed by atoms with E-state index in [1.807, 2.05) is 0 Å². The molecule has 22 heavy (non-hydrogen) atoms. The maximum Gasteiger partial charge on any atom is 0.00730 e. The predicted octanol–water partition coefficient (Wildman–Crippen LogP) is 6.11.